The summed E-state index contributed by atoms with van der Waals surface area (Å²) in [6.07, 6.45) is -1.24. The van der Waals surface area contributed by atoms with Crippen LogP contribution in [-0.2, 0) is 6.54 Å². The minimum atomic E-state index is -1.24. The van der Waals surface area contributed by atoms with Crippen molar-refractivity contribution in [3.05, 3.63) is 34.1 Å². The van der Waals surface area contributed by atoms with Crippen LogP contribution >= 0.6 is 15.9 Å². The van der Waals surface area contributed by atoms with Crippen molar-refractivity contribution in [1.82, 2.24) is 4.90 Å². The van der Waals surface area contributed by atoms with Crippen LogP contribution in [-0.4, -0.2) is 16.5 Å². The molecule has 0 unspecified atom stereocenters. The average Bonchev–Trinajstić information content (AvgIpc) is 2.17. The Morgan fingerprint density at radius 2 is 2.06 bits per heavy atom. The number of nitrogens with zero attached hydrogens (tertiary/aromatic N) is 1. The summed E-state index contributed by atoms with van der Waals surface area (Å²) in [5, 5.41) is 11.0. The van der Waals surface area contributed by atoms with Gasteiger partial charge in [-0.3, -0.25) is 0 Å². The summed E-state index contributed by atoms with van der Waals surface area (Å²) in [6, 6.07) is 4.42. The third-order valence-corrected chi connectivity index (χ3v) is 2.96. The molecule has 0 aromatic heterocycles. The topological polar surface area (TPSA) is 43.4 Å². The van der Waals surface area contributed by atoms with Crippen LogP contribution in [0, 0.1) is 5.82 Å². The number of hydrogen-bond acceptors (Lipinski definition) is 2. The third kappa shape index (κ3) is 3.70. The highest BCUT2D eigenvalue weighted by molar-refractivity contribution is 9.10. The molecule has 0 spiro atoms. The quantitative estimate of drug-likeness (QED) is 0.842. The lowest BCUT2D eigenvalue weighted by molar-refractivity contribution is -0.271. The summed E-state index contributed by atoms with van der Waals surface area (Å²) >= 11 is 3.07. The lowest BCUT2D eigenvalue weighted by Gasteiger charge is -2.38. The first kappa shape index (κ1) is 14.0. The highest BCUT2D eigenvalue weighted by Crippen LogP contribution is 2.21. The number of halogens is 2. The number of benzene rings is 1. The number of amides is 1. The zero-order valence-electron chi connectivity index (χ0n) is 9.96. The van der Waals surface area contributed by atoms with Crippen LogP contribution in [0.15, 0.2) is 22.7 Å². The van der Waals surface area contributed by atoms with E-state index < -0.39 is 11.6 Å². The number of rotatable bonds is 2. The maximum atomic E-state index is 13.0. The molecule has 0 fully saturated rings. The van der Waals surface area contributed by atoms with E-state index in [9.17, 15) is 14.3 Å². The van der Waals surface area contributed by atoms with E-state index in [0.29, 0.717) is 10.0 Å². The fraction of sp³-hybridized carbons (Fsp3) is 0.417. The molecule has 17 heavy (non-hydrogen) atoms. The van der Waals surface area contributed by atoms with Crippen molar-refractivity contribution >= 4 is 22.0 Å². The number of carbonyl (C=O) groups excluding carboxylic acids is 1. The van der Waals surface area contributed by atoms with Crippen LogP contribution in [0.3, 0.4) is 0 Å². The van der Waals surface area contributed by atoms with Gasteiger partial charge in [0, 0.05) is 12.1 Å². The Hall–Kier alpha value is -1.10. The Balaban J connectivity index is 2.95. The molecule has 1 rings (SSSR count). The molecule has 0 saturated carbocycles. The molecule has 0 radical (unpaired) electrons. The van der Waals surface area contributed by atoms with Crippen molar-refractivity contribution < 1.29 is 14.3 Å². The molecule has 3 nitrogen and oxygen atoms in total. The molecule has 1 aromatic rings. The minimum Gasteiger partial charge on any atom is -0.530 e. The van der Waals surface area contributed by atoms with E-state index in [0.717, 1.165) is 0 Å². The third-order valence-electron chi connectivity index (χ3n) is 2.35. The van der Waals surface area contributed by atoms with E-state index in [1.807, 2.05) is 0 Å². The van der Waals surface area contributed by atoms with E-state index in [1.54, 1.807) is 32.9 Å². The van der Waals surface area contributed by atoms with Crippen molar-refractivity contribution in [2.45, 2.75) is 32.9 Å². The Labute approximate surface area is 108 Å². The second-order valence-corrected chi connectivity index (χ2v) is 5.63. The van der Waals surface area contributed by atoms with Crippen LogP contribution in [0.5, 0.6) is 0 Å². The first-order chi connectivity index (χ1) is 7.71. The van der Waals surface area contributed by atoms with Crippen molar-refractivity contribution in [2.75, 3.05) is 0 Å². The Kier molecular flexibility index (Phi) is 4.14. The van der Waals surface area contributed by atoms with E-state index >= 15 is 0 Å². The first-order valence-electron chi connectivity index (χ1n) is 5.14. The summed E-state index contributed by atoms with van der Waals surface area (Å²) in [5.41, 5.74) is 0.150. The van der Waals surface area contributed by atoms with Gasteiger partial charge in [0.15, 0.2) is 0 Å². The molecule has 1 amide bonds. The Morgan fingerprint density at radius 1 is 1.47 bits per heavy atom. The van der Waals surface area contributed by atoms with Crippen LogP contribution in [0.4, 0.5) is 9.18 Å². The van der Waals surface area contributed by atoms with Crippen LogP contribution < -0.4 is 5.11 Å². The Morgan fingerprint density at radius 3 is 2.47 bits per heavy atom. The van der Waals surface area contributed by atoms with Gasteiger partial charge in [0.25, 0.3) is 0 Å². The molecule has 0 atom stereocenters. The predicted octanol–water partition coefficient (Wildman–Crippen LogP) is 2.53. The number of hydrogen-bond donors (Lipinski definition) is 0. The van der Waals surface area contributed by atoms with E-state index in [1.165, 1.54) is 11.0 Å². The maximum Gasteiger partial charge on any atom is 0.137 e. The number of carboxylic acid groups (broad SMARTS) is 1. The van der Waals surface area contributed by atoms with E-state index in [4.69, 9.17) is 0 Å². The number of carbonyl (C=O) groups is 1. The highest BCUT2D eigenvalue weighted by atomic mass is 79.9. The van der Waals surface area contributed by atoms with Gasteiger partial charge in [0.2, 0.25) is 0 Å². The summed E-state index contributed by atoms with van der Waals surface area (Å²) in [7, 11) is 0. The molecule has 0 heterocycles. The highest BCUT2D eigenvalue weighted by Gasteiger charge is 2.21. The molecule has 0 aliphatic rings. The van der Waals surface area contributed by atoms with Gasteiger partial charge in [0.1, 0.15) is 11.9 Å². The second-order valence-electron chi connectivity index (χ2n) is 4.77. The molecule has 94 valence electrons. The standard InChI is InChI=1S/C12H15BrFNO2/c1-12(2,3)15(11(16)17)7-8-4-5-10(14)9(13)6-8/h4-6H,7H2,1-3H3,(H,16,17)/p-1. The molecule has 0 aliphatic heterocycles. The summed E-state index contributed by atoms with van der Waals surface area (Å²) in [5.74, 6) is -0.371. The van der Waals surface area contributed by atoms with Gasteiger partial charge in [-0.15, -0.1) is 0 Å². The van der Waals surface area contributed by atoms with Crippen LogP contribution in [0.2, 0.25) is 0 Å². The van der Waals surface area contributed by atoms with E-state index in [2.05, 4.69) is 15.9 Å². The fourth-order valence-electron chi connectivity index (χ4n) is 1.40. The molecule has 0 aliphatic carbocycles. The monoisotopic (exact) mass is 302 g/mol. The molecule has 0 N–H and O–H groups in total. The van der Waals surface area contributed by atoms with E-state index in [-0.39, 0.29) is 12.4 Å². The fourth-order valence-corrected chi connectivity index (χ4v) is 1.82. The SMILES string of the molecule is CC(C)(C)N(Cc1ccc(F)c(Br)c1)C(=O)[O-]. The molecule has 0 saturated heterocycles. The van der Waals surface area contributed by atoms with Gasteiger partial charge in [-0.1, -0.05) is 6.07 Å². The largest absolute Gasteiger partial charge is 0.530 e. The summed E-state index contributed by atoms with van der Waals surface area (Å²) in [4.78, 5) is 12.2. The lowest BCUT2D eigenvalue weighted by atomic mass is 10.1. The van der Waals surface area contributed by atoms with Crippen molar-refractivity contribution in [1.29, 1.82) is 0 Å². The zero-order chi connectivity index (χ0) is 13.2. The summed E-state index contributed by atoms with van der Waals surface area (Å²) < 4.78 is 13.4. The summed E-state index contributed by atoms with van der Waals surface area (Å²) in [6.45, 7) is 5.51. The van der Waals surface area contributed by atoms with Crippen molar-refractivity contribution in [3.63, 3.8) is 0 Å². The normalized spacial score (nSPS) is 11.4. The van der Waals surface area contributed by atoms with Gasteiger partial charge in [-0.25, -0.2) is 4.39 Å². The van der Waals surface area contributed by atoms with Gasteiger partial charge in [-0.05, 0) is 54.4 Å². The van der Waals surface area contributed by atoms with Crippen LogP contribution in [0.25, 0.3) is 0 Å². The minimum absolute atomic E-state index is 0.171. The zero-order valence-corrected chi connectivity index (χ0v) is 11.5. The van der Waals surface area contributed by atoms with Gasteiger partial charge in [0.05, 0.1) is 4.47 Å². The first-order valence-corrected chi connectivity index (χ1v) is 5.93. The predicted molar refractivity (Wildman–Crippen MR) is 64.8 cm³/mol. The maximum absolute atomic E-state index is 13.0. The molecule has 0 bridgehead atoms. The molecular formula is C12H14BrFNO2-. The van der Waals surface area contributed by atoms with Crippen molar-refractivity contribution in [3.8, 4) is 0 Å². The van der Waals surface area contributed by atoms with Crippen molar-refractivity contribution in [2.24, 2.45) is 0 Å². The van der Waals surface area contributed by atoms with Gasteiger partial charge >= 0.3 is 0 Å². The van der Waals surface area contributed by atoms with Crippen LogP contribution in [0.1, 0.15) is 26.3 Å². The lowest BCUT2D eigenvalue weighted by Crippen LogP contribution is -2.50. The average molecular weight is 303 g/mol. The van der Waals surface area contributed by atoms with Gasteiger partial charge < -0.3 is 14.8 Å². The Bertz CT molecular complexity index is 429. The second kappa shape index (κ2) is 5.04. The molecule has 1 aromatic carbocycles. The van der Waals surface area contributed by atoms with Gasteiger partial charge in [-0.2, -0.15) is 0 Å². The molecule has 5 heteroatoms. The molecular weight excluding hydrogens is 289 g/mol. The smallest absolute Gasteiger partial charge is 0.137 e.